The average Bonchev–Trinajstić information content (AvgIpc) is 2.80. The number of aromatic nitrogens is 6. The lowest BCUT2D eigenvalue weighted by molar-refractivity contribution is 0.122. The van der Waals surface area contributed by atoms with Crippen LogP contribution in [0.4, 0.5) is 11.9 Å². The molecule has 1 aliphatic rings. The van der Waals surface area contributed by atoms with Crippen LogP contribution >= 0.6 is 11.8 Å². The molecule has 1 fully saturated rings. The van der Waals surface area contributed by atoms with Crippen LogP contribution in [0.3, 0.4) is 0 Å². The van der Waals surface area contributed by atoms with Gasteiger partial charge in [0.15, 0.2) is 5.16 Å². The molecule has 0 radical (unpaired) electrons. The number of rotatable bonds is 3. The monoisotopic (exact) mass is 308 g/mol. The van der Waals surface area contributed by atoms with Gasteiger partial charge in [-0.2, -0.15) is 15.0 Å². The topological polar surface area (TPSA) is 108 Å². The lowest BCUT2D eigenvalue weighted by Gasteiger charge is -2.26. The van der Waals surface area contributed by atoms with E-state index in [0.717, 1.165) is 18.9 Å². The predicted molar refractivity (Wildman–Crippen MR) is 77.1 cm³/mol. The number of hydrogen-bond acceptors (Lipinski definition) is 9. The number of nitrogens with two attached hydrogens (primary N) is 1. The Morgan fingerprint density at radius 2 is 1.90 bits per heavy atom. The summed E-state index contributed by atoms with van der Waals surface area (Å²) in [5.74, 6) is 1.60. The largest absolute Gasteiger partial charge is 0.378 e. The van der Waals surface area contributed by atoms with Crippen molar-refractivity contribution in [2.45, 2.75) is 17.2 Å². The van der Waals surface area contributed by atoms with Gasteiger partial charge in [-0.3, -0.25) is 0 Å². The zero-order chi connectivity index (χ0) is 14.8. The van der Waals surface area contributed by atoms with Gasteiger partial charge in [-0.25, -0.2) is 0 Å². The zero-order valence-corrected chi connectivity index (χ0v) is 12.7. The van der Waals surface area contributed by atoms with Crippen LogP contribution in [-0.4, -0.2) is 56.0 Å². The minimum absolute atomic E-state index is 0.202. The molecule has 112 valence electrons. The maximum absolute atomic E-state index is 5.79. The van der Waals surface area contributed by atoms with Gasteiger partial charge in [0.05, 0.1) is 13.2 Å². The van der Waals surface area contributed by atoms with Crippen molar-refractivity contribution >= 4 is 23.7 Å². The SMILES string of the molecule is Cc1nnc(Sc2nc(N)nc(N3CCOCC3)n2)n1C. The Morgan fingerprint density at radius 1 is 1.14 bits per heavy atom. The van der Waals surface area contributed by atoms with Crippen LogP contribution in [0.1, 0.15) is 5.82 Å². The fourth-order valence-electron chi connectivity index (χ4n) is 1.87. The van der Waals surface area contributed by atoms with Crippen LogP contribution in [0, 0.1) is 6.92 Å². The van der Waals surface area contributed by atoms with Crippen molar-refractivity contribution < 1.29 is 4.74 Å². The van der Waals surface area contributed by atoms with Gasteiger partial charge in [0.25, 0.3) is 0 Å². The van der Waals surface area contributed by atoms with Crippen molar-refractivity contribution in [3.05, 3.63) is 5.82 Å². The maximum Gasteiger partial charge on any atom is 0.231 e. The number of ether oxygens (including phenoxy) is 1. The van der Waals surface area contributed by atoms with E-state index in [9.17, 15) is 0 Å². The molecule has 2 aromatic rings. The molecule has 10 heteroatoms. The Labute approximate surface area is 125 Å². The Bertz CT molecular complexity index is 639. The van der Waals surface area contributed by atoms with Crippen LogP contribution < -0.4 is 10.6 Å². The Balaban J connectivity index is 1.85. The van der Waals surface area contributed by atoms with E-state index in [1.165, 1.54) is 11.8 Å². The molecule has 0 atom stereocenters. The van der Waals surface area contributed by atoms with E-state index in [1.54, 1.807) is 0 Å². The molecule has 3 rings (SSSR count). The van der Waals surface area contributed by atoms with Crippen molar-refractivity contribution in [2.24, 2.45) is 7.05 Å². The normalized spacial score (nSPS) is 15.4. The van der Waals surface area contributed by atoms with E-state index in [1.807, 2.05) is 23.4 Å². The molecule has 0 amide bonds. The fraction of sp³-hybridized carbons (Fsp3) is 0.545. The van der Waals surface area contributed by atoms with Gasteiger partial charge in [0, 0.05) is 20.1 Å². The van der Waals surface area contributed by atoms with Gasteiger partial charge in [0.2, 0.25) is 17.1 Å². The zero-order valence-electron chi connectivity index (χ0n) is 11.9. The maximum atomic E-state index is 5.79. The molecule has 2 aromatic heterocycles. The third-order valence-corrected chi connectivity index (χ3v) is 4.05. The van der Waals surface area contributed by atoms with E-state index in [4.69, 9.17) is 10.5 Å². The summed E-state index contributed by atoms with van der Waals surface area (Å²) in [6.45, 7) is 4.71. The third-order valence-electron chi connectivity index (χ3n) is 3.15. The predicted octanol–water partition coefficient (Wildman–Crippen LogP) is -0.121. The first-order valence-corrected chi connectivity index (χ1v) is 7.33. The van der Waals surface area contributed by atoms with E-state index in [2.05, 4.69) is 25.1 Å². The van der Waals surface area contributed by atoms with Gasteiger partial charge >= 0.3 is 0 Å². The molecule has 9 nitrogen and oxygen atoms in total. The molecule has 0 aliphatic carbocycles. The Kier molecular flexibility index (Phi) is 3.88. The van der Waals surface area contributed by atoms with Gasteiger partial charge in [0.1, 0.15) is 5.82 Å². The number of aryl methyl sites for hydroxylation is 1. The number of nitrogens with zero attached hydrogens (tertiary/aromatic N) is 7. The highest BCUT2D eigenvalue weighted by Gasteiger charge is 2.17. The van der Waals surface area contributed by atoms with E-state index in [0.29, 0.717) is 29.5 Å². The van der Waals surface area contributed by atoms with Crippen LogP contribution in [0.15, 0.2) is 10.3 Å². The van der Waals surface area contributed by atoms with Gasteiger partial charge in [-0.1, -0.05) is 0 Å². The van der Waals surface area contributed by atoms with E-state index >= 15 is 0 Å². The molecule has 0 saturated carbocycles. The second-order valence-corrected chi connectivity index (χ2v) is 5.50. The molecule has 3 heterocycles. The summed E-state index contributed by atoms with van der Waals surface area (Å²) in [5, 5.41) is 9.32. The minimum Gasteiger partial charge on any atom is -0.378 e. The summed E-state index contributed by atoms with van der Waals surface area (Å²) in [6, 6.07) is 0. The Hall–Kier alpha value is -1.94. The molecular formula is C11H16N8OS. The summed E-state index contributed by atoms with van der Waals surface area (Å²) in [7, 11) is 1.89. The highest BCUT2D eigenvalue weighted by Crippen LogP contribution is 2.24. The number of hydrogen-bond donors (Lipinski definition) is 1. The van der Waals surface area contributed by atoms with Crippen LogP contribution in [-0.2, 0) is 11.8 Å². The lowest BCUT2D eigenvalue weighted by atomic mass is 10.4. The second-order valence-electron chi connectivity index (χ2n) is 4.57. The number of anilines is 2. The second kappa shape index (κ2) is 5.82. The van der Waals surface area contributed by atoms with Crippen molar-refractivity contribution in [1.29, 1.82) is 0 Å². The van der Waals surface area contributed by atoms with E-state index < -0.39 is 0 Å². The summed E-state index contributed by atoms with van der Waals surface area (Å²) in [5.41, 5.74) is 5.79. The molecule has 21 heavy (non-hydrogen) atoms. The first kappa shape index (κ1) is 14.0. The third kappa shape index (κ3) is 3.05. The summed E-state index contributed by atoms with van der Waals surface area (Å²) in [4.78, 5) is 14.8. The molecular weight excluding hydrogens is 292 g/mol. The van der Waals surface area contributed by atoms with Crippen molar-refractivity contribution in [2.75, 3.05) is 36.9 Å². The molecule has 1 aliphatic heterocycles. The minimum atomic E-state index is 0.202. The van der Waals surface area contributed by atoms with Crippen LogP contribution in [0.2, 0.25) is 0 Å². The van der Waals surface area contributed by atoms with E-state index in [-0.39, 0.29) is 5.95 Å². The molecule has 2 N–H and O–H groups in total. The molecule has 0 aromatic carbocycles. The molecule has 1 saturated heterocycles. The average molecular weight is 308 g/mol. The van der Waals surface area contributed by atoms with Gasteiger partial charge in [-0.15, -0.1) is 10.2 Å². The quantitative estimate of drug-likeness (QED) is 0.830. The van der Waals surface area contributed by atoms with Gasteiger partial charge in [-0.05, 0) is 18.7 Å². The number of morpholine rings is 1. The first-order valence-electron chi connectivity index (χ1n) is 6.51. The smallest absolute Gasteiger partial charge is 0.231 e. The fourth-order valence-corrected chi connectivity index (χ4v) is 2.65. The molecule has 0 unspecified atom stereocenters. The Morgan fingerprint density at radius 3 is 2.57 bits per heavy atom. The molecule has 0 spiro atoms. The highest BCUT2D eigenvalue weighted by atomic mass is 32.2. The standard InChI is InChI=1S/C11H16N8OS/c1-7-16-17-11(18(7)2)21-10-14-8(12)13-9(15-10)19-3-5-20-6-4-19/h3-6H2,1-2H3,(H2,12,13,14,15). The summed E-state index contributed by atoms with van der Waals surface area (Å²) < 4.78 is 7.20. The lowest BCUT2D eigenvalue weighted by Crippen LogP contribution is -2.37. The van der Waals surface area contributed by atoms with Crippen LogP contribution in [0.5, 0.6) is 0 Å². The van der Waals surface area contributed by atoms with Crippen LogP contribution in [0.25, 0.3) is 0 Å². The van der Waals surface area contributed by atoms with Crippen molar-refractivity contribution in [3.63, 3.8) is 0 Å². The first-order chi connectivity index (χ1) is 10.1. The van der Waals surface area contributed by atoms with Gasteiger partial charge < -0.3 is 19.9 Å². The van der Waals surface area contributed by atoms with Crippen molar-refractivity contribution in [1.82, 2.24) is 29.7 Å². The van der Waals surface area contributed by atoms with Crippen molar-refractivity contribution in [3.8, 4) is 0 Å². The highest BCUT2D eigenvalue weighted by molar-refractivity contribution is 7.99. The summed E-state index contributed by atoms with van der Waals surface area (Å²) >= 11 is 1.32. The summed E-state index contributed by atoms with van der Waals surface area (Å²) in [6.07, 6.45) is 0. The molecule has 0 bridgehead atoms. The number of nitrogen functional groups attached to an aromatic ring is 1.